The first kappa shape index (κ1) is 32.5. The molecule has 5 rings (SSSR count). The van der Waals surface area contributed by atoms with Crippen molar-refractivity contribution in [1.82, 2.24) is 4.57 Å². The fourth-order valence-corrected chi connectivity index (χ4v) is 5.23. The molecule has 45 heavy (non-hydrogen) atoms. The second-order valence-electron chi connectivity index (χ2n) is 10.8. The largest absolute Gasteiger partial charge is 0.309 e. The maximum absolute atomic E-state index is 4.02. The molecule has 0 aliphatic heterocycles. The predicted molar refractivity (Wildman–Crippen MR) is 201 cm³/mol. The second kappa shape index (κ2) is 16.4. The molecule has 5 aromatic rings. The molecule has 0 N–H and O–H groups in total. The van der Waals surface area contributed by atoms with Gasteiger partial charge in [0.2, 0.25) is 0 Å². The number of rotatable bonds is 10. The number of aromatic nitrogens is 1. The first-order valence-corrected chi connectivity index (χ1v) is 15.4. The minimum atomic E-state index is 0.835. The molecule has 0 spiro atoms. The summed E-state index contributed by atoms with van der Waals surface area (Å²) in [5, 5.41) is 2.56. The zero-order chi connectivity index (χ0) is 32.0. The summed E-state index contributed by atoms with van der Waals surface area (Å²) in [5.74, 6) is 0. The molecule has 1 heterocycles. The van der Waals surface area contributed by atoms with Crippen LogP contribution in [0, 0.1) is 0 Å². The molecule has 4 aromatic carbocycles. The molecule has 1 heteroatoms. The molecule has 1 aromatic heterocycles. The molecule has 0 aliphatic carbocycles. The number of fused-ring (bicyclic) bond motifs is 3. The predicted octanol–water partition coefficient (Wildman–Crippen LogP) is 12.7. The topological polar surface area (TPSA) is 4.93 Å². The molecule has 0 amide bonds. The Kier molecular flexibility index (Phi) is 11.9. The maximum atomic E-state index is 4.02. The van der Waals surface area contributed by atoms with Gasteiger partial charge in [0, 0.05) is 16.5 Å². The van der Waals surface area contributed by atoms with Crippen molar-refractivity contribution >= 4 is 33.5 Å². The van der Waals surface area contributed by atoms with Crippen molar-refractivity contribution in [1.29, 1.82) is 0 Å². The molecular weight excluding hydrogens is 542 g/mol. The van der Waals surface area contributed by atoms with E-state index in [-0.39, 0.29) is 0 Å². The van der Waals surface area contributed by atoms with Gasteiger partial charge in [0.05, 0.1) is 11.0 Å². The number of benzene rings is 4. The van der Waals surface area contributed by atoms with Crippen LogP contribution in [0.3, 0.4) is 0 Å². The van der Waals surface area contributed by atoms with E-state index in [2.05, 4.69) is 148 Å². The monoisotopic (exact) mass is 585 g/mol. The van der Waals surface area contributed by atoms with Gasteiger partial charge in [-0.05, 0) is 84.9 Å². The Bertz CT molecular complexity index is 1860. The van der Waals surface area contributed by atoms with Crippen LogP contribution in [-0.4, -0.2) is 4.57 Å². The number of para-hydroxylation sites is 2. The third-order valence-electron chi connectivity index (χ3n) is 7.83. The molecule has 0 saturated carbocycles. The van der Waals surface area contributed by atoms with E-state index in [1.165, 1.54) is 60.9 Å². The van der Waals surface area contributed by atoms with Crippen LogP contribution in [0.1, 0.15) is 38.3 Å². The Labute approximate surface area is 269 Å². The zero-order valence-electron chi connectivity index (χ0n) is 26.8. The highest BCUT2D eigenvalue weighted by Crippen LogP contribution is 2.32. The lowest BCUT2D eigenvalue weighted by atomic mass is 10.0. The summed E-state index contributed by atoms with van der Waals surface area (Å²) in [6.07, 6.45) is 19.1. The van der Waals surface area contributed by atoms with Crippen molar-refractivity contribution in [3.63, 3.8) is 0 Å². The minimum Gasteiger partial charge on any atom is -0.309 e. The van der Waals surface area contributed by atoms with Gasteiger partial charge in [-0.3, -0.25) is 0 Å². The Morgan fingerprint density at radius 2 is 1.31 bits per heavy atom. The number of allylic oxidation sites excluding steroid dienone is 12. The van der Waals surface area contributed by atoms with E-state index in [0.29, 0.717) is 0 Å². The number of hydrogen-bond acceptors (Lipinski definition) is 0. The summed E-state index contributed by atoms with van der Waals surface area (Å²) in [4.78, 5) is 0. The number of hydrogen-bond donors (Lipinski definition) is 0. The van der Waals surface area contributed by atoms with Crippen molar-refractivity contribution in [3.05, 3.63) is 199 Å². The molecule has 0 bridgehead atoms. The van der Waals surface area contributed by atoms with Crippen LogP contribution in [0.4, 0.5) is 0 Å². The van der Waals surface area contributed by atoms with Crippen molar-refractivity contribution in [3.8, 4) is 5.69 Å². The molecule has 224 valence electrons. The highest BCUT2D eigenvalue weighted by Gasteiger charge is 2.11. The zero-order valence-corrected chi connectivity index (χ0v) is 26.8. The third-order valence-corrected chi connectivity index (χ3v) is 7.83. The van der Waals surface area contributed by atoms with Gasteiger partial charge in [-0.15, -0.1) is 0 Å². The van der Waals surface area contributed by atoms with Crippen molar-refractivity contribution < 1.29 is 0 Å². The van der Waals surface area contributed by atoms with Gasteiger partial charge >= 0.3 is 0 Å². The Morgan fingerprint density at radius 1 is 0.711 bits per heavy atom. The molecule has 0 fully saturated rings. The normalized spacial score (nSPS) is 12.7. The first-order valence-electron chi connectivity index (χ1n) is 15.4. The van der Waals surface area contributed by atoms with Crippen LogP contribution in [0.2, 0.25) is 0 Å². The van der Waals surface area contributed by atoms with Crippen molar-refractivity contribution in [2.24, 2.45) is 0 Å². The fraction of sp³-hybridized carbons (Fsp3) is 0.0909. The van der Waals surface area contributed by atoms with Crippen LogP contribution < -0.4 is 0 Å². The Morgan fingerprint density at radius 3 is 1.84 bits per heavy atom. The molecule has 0 saturated heterocycles. The molecule has 0 atom stereocenters. The van der Waals surface area contributed by atoms with E-state index in [1.54, 1.807) is 6.08 Å². The Balaban J connectivity index is 0.000000501. The third kappa shape index (κ3) is 8.37. The summed E-state index contributed by atoms with van der Waals surface area (Å²) in [6, 6.07) is 36.1. The lowest BCUT2D eigenvalue weighted by Gasteiger charge is -2.10. The Hall–Kier alpha value is -5.40. The van der Waals surface area contributed by atoms with Crippen LogP contribution in [0.25, 0.3) is 39.1 Å². The minimum absolute atomic E-state index is 0.835. The van der Waals surface area contributed by atoms with Gasteiger partial charge < -0.3 is 4.57 Å². The van der Waals surface area contributed by atoms with Gasteiger partial charge in [-0.25, -0.2) is 0 Å². The highest BCUT2D eigenvalue weighted by atomic mass is 15.0. The number of nitrogens with zero attached hydrogens (tertiary/aromatic N) is 1. The van der Waals surface area contributed by atoms with E-state index >= 15 is 0 Å². The fourth-order valence-electron chi connectivity index (χ4n) is 5.23. The van der Waals surface area contributed by atoms with Crippen LogP contribution in [0.5, 0.6) is 0 Å². The molecule has 0 radical (unpaired) electrons. The van der Waals surface area contributed by atoms with E-state index in [0.717, 1.165) is 6.42 Å². The van der Waals surface area contributed by atoms with Crippen molar-refractivity contribution in [2.75, 3.05) is 0 Å². The second-order valence-corrected chi connectivity index (χ2v) is 10.8. The average Bonchev–Trinajstić information content (AvgIpc) is 3.43. The SMILES string of the molecule is C=C\C=C/C(=C\C)C(/C)=C/C=C(\C=C)C/C=C(\C)c1ccc(-n2c3ccccc3c3ccccc32)cc1.C=Cc1ccccc1. The summed E-state index contributed by atoms with van der Waals surface area (Å²) < 4.78 is 2.35. The summed E-state index contributed by atoms with van der Waals surface area (Å²) in [5.41, 5.74) is 10.9. The first-order chi connectivity index (χ1) is 22.0. The van der Waals surface area contributed by atoms with Crippen molar-refractivity contribution in [2.45, 2.75) is 27.2 Å². The standard InChI is InChI=1S/C36H35N.C8H8/c1-6-9-14-30(8-3)27(4)19-21-29(7-2)22-20-28(5)31-23-25-32(26-24-31)37-35-17-12-10-15-33(35)34-16-11-13-18-36(34)37;1-2-8-6-4-3-5-7-8/h6-21,23-26H,1-2,22H2,3-5H3;2-7H,1H2/b14-9-,27-19+,28-20+,29-21+,30-8+;. The van der Waals surface area contributed by atoms with Gasteiger partial charge in [0.1, 0.15) is 0 Å². The summed E-state index contributed by atoms with van der Waals surface area (Å²) in [6.45, 7) is 17.8. The van der Waals surface area contributed by atoms with Gasteiger partial charge in [-0.1, -0.05) is 153 Å². The molecule has 1 nitrogen and oxygen atoms in total. The van der Waals surface area contributed by atoms with E-state index in [9.17, 15) is 0 Å². The lowest BCUT2D eigenvalue weighted by molar-refractivity contribution is 1.18. The summed E-state index contributed by atoms with van der Waals surface area (Å²) >= 11 is 0. The molecule has 0 aliphatic rings. The summed E-state index contributed by atoms with van der Waals surface area (Å²) in [7, 11) is 0. The molecular formula is C44H43N. The lowest BCUT2D eigenvalue weighted by Crippen LogP contribution is -1.94. The van der Waals surface area contributed by atoms with Crippen LogP contribution >= 0.6 is 0 Å². The smallest absolute Gasteiger partial charge is 0.0541 e. The average molecular weight is 586 g/mol. The van der Waals surface area contributed by atoms with Gasteiger partial charge in [-0.2, -0.15) is 0 Å². The highest BCUT2D eigenvalue weighted by molar-refractivity contribution is 6.09. The molecule has 0 unspecified atom stereocenters. The van der Waals surface area contributed by atoms with Gasteiger partial charge in [0.15, 0.2) is 0 Å². The van der Waals surface area contributed by atoms with Gasteiger partial charge in [0.25, 0.3) is 0 Å². The van der Waals surface area contributed by atoms with Crippen LogP contribution in [0.15, 0.2) is 188 Å². The van der Waals surface area contributed by atoms with Crippen LogP contribution in [-0.2, 0) is 0 Å². The van der Waals surface area contributed by atoms with E-state index in [1.807, 2.05) is 48.6 Å². The van der Waals surface area contributed by atoms with E-state index in [4.69, 9.17) is 0 Å². The quantitative estimate of drug-likeness (QED) is 0.144. The van der Waals surface area contributed by atoms with E-state index < -0.39 is 0 Å². The maximum Gasteiger partial charge on any atom is 0.0541 e.